The first kappa shape index (κ1) is 9.45. The minimum atomic E-state index is -0.387. The van der Waals surface area contributed by atoms with Gasteiger partial charge in [0.25, 0.3) is 0 Å². The molecule has 0 aliphatic heterocycles. The molecule has 0 spiro atoms. The summed E-state index contributed by atoms with van der Waals surface area (Å²) in [6.07, 6.45) is 0.742. The quantitative estimate of drug-likeness (QED) is 0.431. The number of carbonyl (C=O) groups is 1. The van der Waals surface area contributed by atoms with Crippen molar-refractivity contribution in [2.24, 2.45) is 0 Å². The van der Waals surface area contributed by atoms with Crippen molar-refractivity contribution in [2.45, 2.75) is 6.92 Å². The molecule has 13 heavy (non-hydrogen) atoms. The molecule has 0 fully saturated rings. The van der Waals surface area contributed by atoms with Gasteiger partial charge >= 0.3 is 0 Å². The second kappa shape index (κ2) is 3.85. The summed E-state index contributed by atoms with van der Waals surface area (Å²) < 4.78 is 12.5. The lowest BCUT2D eigenvalue weighted by atomic mass is 10.1. The highest BCUT2D eigenvalue weighted by molar-refractivity contribution is 6.08. The van der Waals surface area contributed by atoms with Gasteiger partial charge in [-0.25, -0.2) is 4.39 Å². The second-order valence-corrected chi connectivity index (χ2v) is 2.65. The Balaban J connectivity index is 2.97. The van der Waals surface area contributed by atoms with E-state index in [1.165, 1.54) is 31.2 Å². The van der Waals surface area contributed by atoms with Crippen LogP contribution in [0.4, 0.5) is 4.39 Å². The van der Waals surface area contributed by atoms with Gasteiger partial charge in [0.1, 0.15) is 5.82 Å². The number of aliphatic hydroxyl groups is 1. The summed E-state index contributed by atoms with van der Waals surface area (Å²) in [5.41, 5.74) is 0.593. The first-order valence-electron chi connectivity index (χ1n) is 3.76. The summed E-state index contributed by atoms with van der Waals surface area (Å²) in [6, 6.07) is 5.17. The van der Waals surface area contributed by atoms with Crippen molar-refractivity contribution in [1.82, 2.24) is 0 Å². The Morgan fingerprint density at radius 2 is 1.92 bits per heavy atom. The number of allylic oxidation sites excluding steroid dienone is 1. The van der Waals surface area contributed by atoms with E-state index in [-0.39, 0.29) is 17.2 Å². The van der Waals surface area contributed by atoms with Crippen LogP contribution in [0.25, 0.3) is 0 Å². The highest BCUT2D eigenvalue weighted by atomic mass is 19.1. The minimum Gasteiger partial charge on any atom is -0.515 e. The maximum absolute atomic E-state index is 12.5. The standard InChI is InChI=1S/C10H9FO2/c1-7(6-12)10(13)8-2-4-9(11)5-3-8/h2-6,12H,1H3. The fourth-order valence-corrected chi connectivity index (χ4v) is 0.888. The van der Waals surface area contributed by atoms with Crippen LogP contribution in [0.1, 0.15) is 17.3 Å². The smallest absolute Gasteiger partial charge is 0.191 e. The first-order chi connectivity index (χ1) is 6.15. The molecular formula is C10H9FO2. The van der Waals surface area contributed by atoms with Gasteiger partial charge in [-0.1, -0.05) is 0 Å². The number of ketones is 1. The third kappa shape index (κ3) is 2.15. The third-order valence-electron chi connectivity index (χ3n) is 1.66. The molecule has 0 aromatic heterocycles. The van der Waals surface area contributed by atoms with Crippen molar-refractivity contribution in [3.05, 3.63) is 47.5 Å². The Hall–Kier alpha value is -1.64. The number of carbonyl (C=O) groups excluding carboxylic acids is 1. The van der Waals surface area contributed by atoms with E-state index in [9.17, 15) is 9.18 Å². The van der Waals surface area contributed by atoms with Crippen molar-refractivity contribution < 1.29 is 14.3 Å². The van der Waals surface area contributed by atoms with E-state index >= 15 is 0 Å². The van der Waals surface area contributed by atoms with Crippen LogP contribution in [0.5, 0.6) is 0 Å². The molecule has 0 aliphatic rings. The molecule has 0 bridgehead atoms. The van der Waals surface area contributed by atoms with Gasteiger partial charge in [0.15, 0.2) is 5.78 Å². The van der Waals surface area contributed by atoms with Gasteiger partial charge in [0.05, 0.1) is 6.26 Å². The Bertz CT molecular complexity index is 338. The average Bonchev–Trinajstić information content (AvgIpc) is 2.17. The van der Waals surface area contributed by atoms with E-state index in [2.05, 4.69) is 0 Å². The molecule has 1 rings (SSSR count). The summed E-state index contributed by atoms with van der Waals surface area (Å²) in [5, 5.41) is 8.56. The van der Waals surface area contributed by atoms with Gasteiger partial charge in [0, 0.05) is 11.1 Å². The second-order valence-electron chi connectivity index (χ2n) is 2.65. The van der Waals surface area contributed by atoms with Gasteiger partial charge in [-0.05, 0) is 31.2 Å². The number of benzene rings is 1. The minimum absolute atomic E-state index is 0.228. The van der Waals surface area contributed by atoms with E-state index in [4.69, 9.17) is 5.11 Å². The topological polar surface area (TPSA) is 37.3 Å². The predicted octanol–water partition coefficient (Wildman–Crippen LogP) is 2.47. The van der Waals surface area contributed by atoms with Crippen molar-refractivity contribution in [1.29, 1.82) is 0 Å². The van der Waals surface area contributed by atoms with Crippen LogP contribution < -0.4 is 0 Å². The molecule has 2 nitrogen and oxygen atoms in total. The lowest BCUT2D eigenvalue weighted by Crippen LogP contribution is -2.00. The molecule has 0 radical (unpaired) electrons. The summed E-state index contributed by atoms with van der Waals surface area (Å²) in [6.45, 7) is 1.49. The predicted molar refractivity (Wildman–Crippen MR) is 47.1 cm³/mol. The number of Topliss-reactive ketones (excluding diaryl/α,β-unsaturated/α-hetero) is 1. The Kier molecular flexibility index (Phi) is 2.80. The van der Waals surface area contributed by atoms with E-state index in [1.807, 2.05) is 0 Å². The molecule has 0 aliphatic carbocycles. The molecular weight excluding hydrogens is 171 g/mol. The summed E-state index contributed by atoms with van der Waals surface area (Å²) >= 11 is 0. The van der Waals surface area contributed by atoms with E-state index < -0.39 is 0 Å². The van der Waals surface area contributed by atoms with Crippen LogP contribution in [0.2, 0.25) is 0 Å². The number of hydrogen-bond donors (Lipinski definition) is 1. The highest BCUT2D eigenvalue weighted by Gasteiger charge is 2.07. The maximum Gasteiger partial charge on any atom is 0.191 e. The Morgan fingerprint density at radius 1 is 1.38 bits per heavy atom. The van der Waals surface area contributed by atoms with Crippen molar-refractivity contribution in [3.8, 4) is 0 Å². The van der Waals surface area contributed by atoms with Crippen molar-refractivity contribution in [3.63, 3.8) is 0 Å². The molecule has 3 heteroatoms. The number of aliphatic hydroxyl groups excluding tert-OH is 1. The zero-order chi connectivity index (χ0) is 9.84. The number of hydrogen-bond acceptors (Lipinski definition) is 2. The van der Waals surface area contributed by atoms with Gasteiger partial charge in [-0.15, -0.1) is 0 Å². The zero-order valence-corrected chi connectivity index (χ0v) is 7.12. The number of halogens is 1. The lowest BCUT2D eigenvalue weighted by molar-refractivity contribution is 0.103. The molecule has 0 unspecified atom stereocenters. The molecule has 0 atom stereocenters. The maximum atomic E-state index is 12.5. The third-order valence-corrected chi connectivity index (χ3v) is 1.66. The fourth-order valence-electron chi connectivity index (χ4n) is 0.888. The highest BCUT2D eigenvalue weighted by Crippen LogP contribution is 2.08. The number of rotatable bonds is 2. The van der Waals surface area contributed by atoms with Crippen LogP contribution in [0.15, 0.2) is 36.1 Å². The van der Waals surface area contributed by atoms with Crippen molar-refractivity contribution >= 4 is 5.78 Å². The molecule has 68 valence electrons. The fraction of sp³-hybridized carbons (Fsp3) is 0.100. The van der Waals surface area contributed by atoms with Crippen LogP contribution in [0, 0.1) is 5.82 Å². The molecule has 0 amide bonds. The summed E-state index contributed by atoms with van der Waals surface area (Å²) in [5.74, 6) is -0.690. The Morgan fingerprint density at radius 3 is 2.38 bits per heavy atom. The SMILES string of the molecule is CC(=CO)C(=O)c1ccc(F)cc1. The van der Waals surface area contributed by atoms with Crippen LogP contribution >= 0.6 is 0 Å². The summed E-state index contributed by atoms with van der Waals surface area (Å²) in [4.78, 5) is 11.3. The molecule has 1 aromatic carbocycles. The molecule has 0 saturated heterocycles. The van der Waals surface area contributed by atoms with Gasteiger partial charge < -0.3 is 5.11 Å². The molecule has 1 N–H and O–H groups in total. The van der Waals surface area contributed by atoms with Crippen LogP contribution in [-0.2, 0) is 0 Å². The molecule has 0 saturated carbocycles. The zero-order valence-electron chi connectivity index (χ0n) is 7.12. The average molecular weight is 180 g/mol. The van der Waals surface area contributed by atoms with Crippen molar-refractivity contribution in [2.75, 3.05) is 0 Å². The lowest BCUT2D eigenvalue weighted by Gasteiger charge is -1.98. The van der Waals surface area contributed by atoms with Gasteiger partial charge in [-0.3, -0.25) is 4.79 Å². The normalized spacial score (nSPS) is 11.4. The van der Waals surface area contributed by atoms with Crippen LogP contribution in [-0.4, -0.2) is 10.9 Å². The first-order valence-corrected chi connectivity index (χ1v) is 3.76. The Labute approximate surface area is 75.3 Å². The van der Waals surface area contributed by atoms with Gasteiger partial charge in [0.2, 0.25) is 0 Å². The monoisotopic (exact) mass is 180 g/mol. The largest absolute Gasteiger partial charge is 0.515 e. The van der Waals surface area contributed by atoms with E-state index in [0.717, 1.165) is 6.26 Å². The van der Waals surface area contributed by atoms with E-state index in [1.54, 1.807) is 0 Å². The van der Waals surface area contributed by atoms with E-state index in [0.29, 0.717) is 5.56 Å². The van der Waals surface area contributed by atoms with Crippen LogP contribution in [0.3, 0.4) is 0 Å². The van der Waals surface area contributed by atoms with Gasteiger partial charge in [-0.2, -0.15) is 0 Å². The summed E-state index contributed by atoms with van der Waals surface area (Å²) in [7, 11) is 0. The molecule has 1 aromatic rings. The molecule has 0 heterocycles.